The number of unbranched alkanes of at least 4 members (excludes halogenated alkanes) is 32. The second-order valence-corrected chi connectivity index (χ2v) is 18.6. The molecule has 0 saturated carbocycles. The Morgan fingerprint density at radius 2 is 0.839 bits per heavy atom. The number of nitrogens with one attached hydrogen (secondary N) is 1. The van der Waals surface area contributed by atoms with Gasteiger partial charge in [0.2, 0.25) is 5.91 Å². The monoisotopic (exact) mass is 873 g/mol. The maximum Gasteiger partial charge on any atom is 0.326 e. The molecule has 0 aliphatic carbocycles. The molecule has 0 fully saturated rings. The molecule has 0 rings (SSSR count). The summed E-state index contributed by atoms with van der Waals surface area (Å²) in [4.78, 5) is 36.6. The molecular weight excluding hydrogens is 769 g/mol. The molecule has 0 aromatic rings. The molecular formula is C55H104N2O5. The average Bonchev–Trinajstić information content (AvgIpc) is 3.26. The number of nitrogens with two attached hydrogens (primary N) is 1. The summed E-state index contributed by atoms with van der Waals surface area (Å²) < 4.78 is 6.09. The smallest absolute Gasteiger partial charge is 0.326 e. The van der Waals surface area contributed by atoms with Crippen molar-refractivity contribution in [3.8, 4) is 0 Å². The highest BCUT2D eigenvalue weighted by Gasteiger charge is 2.19. The van der Waals surface area contributed by atoms with Crippen LogP contribution in [0.1, 0.15) is 290 Å². The van der Waals surface area contributed by atoms with Gasteiger partial charge in [0.25, 0.3) is 0 Å². The van der Waals surface area contributed by atoms with Gasteiger partial charge in [-0.05, 0) is 90.0 Å². The molecule has 1 amide bonds. The van der Waals surface area contributed by atoms with Crippen LogP contribution < -0.4 is 11.1 Å². The van der Waals surface area contributed by atoms with E-state index < -0.39 is 12.0 Å². The Labute approximate surface area is 384 Å². The summed E-state index contributed by atoms with van der Waals surface area (Å²) >= 11 is 0. The molecule has 62 heavy (non-hydrogen) atoms. The first kappa shape index (κ1) is 59.9. The molecule has 0 aromatic heterocycles. The molecule has 0 bridgehead atoms. The predicted molar refractivity (Wildman–Crippen MR) is 267 cm³/mol. The third kappa shape index (κ3) is 45.9. The molecule has 0 spiro atoms. The van der Waals surface area contributed by atoms with E-state index in [1.54, 1.807) is 0 Å². The summed E-state index contributed by atoms with van der Waals surface area (Å²) in [5.74, 6) is -1.23. The maximum absolute atomic E-state index is 12.9. The van der Waals surface area contributed by atoms with E-state index in [1.165, 1.54) is 167 Å². The first-order chi connectivity index (χ1) is 30.4. The lowest BCUT2D eigenvalue weighted by atomic mass is 10.0. The van der Waals surface area contributed by atoms with Gasteiger partial charge in [-0.15, -0.1) is 0 Å². The van der Waals surface area contributed by atoms with Crippen molar-refractivity contribution in [2.45, 2.75) is 302 Å². The van der Waals surface area contributed by atoms with Gasteiger partial charge in [0, 0.05) is 12.8 Å². The van der Waals surface area contributed by atoms with E-state index >= 15 is 0 Å². The summed E-state index contributed by atoms with van der Waals surface area (Å²) in [5, 5.41) is 12.0. The van der Waals surface area contributed by atoms with Crippen molar-refractivity contribution in [1.29, 1.82) is 0 Å². The van der Waals surface area contributed by atoms with Crippen molar-refractivity contribution in [3.63, 3.8) is 0 Å². The van der Waals surface area contributed by atoms with Crippen LogP contribution in [0.4, 0.5) is 0 Å². The molecule has 2 unspecified atom stereocenters. The number of carboxylic acid groups (broad SMARTS) is 1. The molecule has 7 heteroatoms. The second-order valence-electron chi connectivity index (χ2n) is 18.6. The van der Waals surface area contributed by atoms with Crippen LogP contribution in [0.5, 0.6) is 0 Å². The van der Waals surface area contributed by atoms with E-state index in [0.29, 0.717) is 32.2 Å². The SMILES string of the molecule is CCCCCCC/C=C\C/C=C\CCCCCC(CCCCCCCC(=O)NC(CCCN)C(=O)O)OC(=O)CCCCCCCCCCCCCCCCCCCCCCC. The Kier molecular flexibility index (Phi) is 48.1. The lowest BCUT2D eigenvalue weighted by Crippen LogP contribution is -2.40. The number of hydrogen-bond acceptors (Lipinski definition) is 5. The number of rotatable bonds is 50. The van der Waals surface area contributed by atoms with Crippen molar-refractivity contribution >= 4 is 17.8 Å². The molecule has 7 nitrogen and oxygen atoms in total. The Morgan fingerprint density at radius 3 is 1.26 bits per heavy atom. The number of carbonyl (C=O) groups is 3. The fourth-order valence-corrected chi connectivity index (χ4v) is 8.43. The highest BCUT2D eigenvalue weighted by molar-refractivity contribution is 5.83. The zero-order chi connectivity index (χ0) is 45.2. The van der Waals surface area contributed by atoms with E-state index in [1.807, 2.05) is 0 Å². The van der Waals surface area contributed by atoms with Gasteiger partial charge >= 0.3 is 11.9 Å². The van der Waals surface area contributed by atoms with E-state index in [4.69, 9.17) is 10.5 Å². The number of hydrogen-bond donors (Lipinski definition) is 3. The zero-order valence-corrected chi connectivity index (χ0v) is 41.2. The summed E-state index contributed by atoms with van der Waals surface area (Å²) in [6.07, 6.45) is 59.6. The second kappa shape index (κ2) is 49.9. The van der Waals surface area contributed by atoms with Gasteiger partial charge in [-0.1, -0.05) is 218 Å². The van der Waals surface area contributed by atoms with E-state index in [9.17, 15) is 19.5 Å². The third-order valence-corrected chi connectivity index (χ3v) is 12.5. The predicted octanol–water partition coefficient (Wildman–Crippen LogP) is 16.4. The Hall–Kier alpha value is -2.15. The van der Waals surface area contributed by atoms with Crippen molar-refractivity contribution in [2.24, 2.45) is 5.73 Å². The van der Waals surface area contributed by atoms with Crippen molar-refractivity contribution < 1.29 is 24.2 Å². The summed E-state index contributed by atoms with van der Waals surface area (Å²) in [6, 6.07) is -0.859. The minimum Gasteiger partial charge on any atom is -0.480 e. The van der Waals surface area contributed by atoms with Crippen LogP contribution in [-0.2, 0) is 19.1 Å². The van der Waals surface area contributed by atoms with Crippen LogP contribution >= 0.6 is 0 Å². The fraction of sp³-hybridized carbons (Fsp3) is 0.873. The van der Waals surface area contributed by atoms with Crippen molar-refractivity contribution in [1.82, 2.24) is 5.32 Å². The summed E-state index contributed by atoms with van der Waals surface area (Å²) in [5.41, 5.74) is 5.50. The standard InChI is InChI=1S/C55H104N2O5/c1-3-5-7-9-11-13-15-17-19-20-21-22-23-24-26-28-30-32-34-39-43-49-54(59)62-51(45-40-36-33-31-29-27-25-18-16-14-12-10-8-6-4-2)46-41-37-35-38-42-48-53(58)57-52(55(60)61)47-44-50-56/h16,18,27,29,51-52H,3-15,17,19-26,28,30-50,56H2,1-2H3,(H,57,58)(H,60,61)/b18-16-,29-27-. The van der Waals surface area contributed by atoms with Gasteiger partial charge in [0.05, 0.1) is 0 Å². The summed E-state index contributed by atoms with van der Waals surface area (Å²) in [7, 11) is 0. The highest BCUT2D eigenvalue weighted by atomic mass is 16.5. The van der Waals surface area contributed by atoms with Gasteiger partial charge in [-0.3, -0.25) is 9.59 Å². The number of carboxylic acids is 1. The molecule has 0 saturated heterocycles. The highest BCUT2D eigenvalue weighted by Crippen LogP contribution is 2.19. The summed E-state index contributed by atoms with van der Waals surface area (Å²) in [6.45, 7) is 4.97. The quantitative estimate of drug-likeness (QED) is 0.0318. The minimum absolute atomic E-state index is 0.00712. The van der Waals surface area contributed by atoms with Crippen LogP contribution in [0.3, 0.4) is 0 Å². The van der Waals surface area contributed by atoms with Crippen LogP contribution in [0.15, 0.2) is 24.3 Å². The first-order valence-corrected chi connectivity index (χ1v) is 27.2. The normalized spacial score (nSPS) is 12.7. The Morgan fingerprint density at radius 1 is 0.468 bits per heavy atom. The number of carbonyl (C=O) groups excluding carboxylic acids is 2. The Bertz CT molecular complexity index is 1030. The number of amides is 1. The van der Waals surface area contributed by atoms with E-state index in [2.05, 4.69) is 43.5 Å². The fourth-order valence-electron chi connectivity index (χ4n) is 8.43. The Balaban J connectivity index is 4.25. The lowest BCUT2D eigenvalue weighted by Gasteiger charge is -2.18. The number of aliphatic carboxylic acids is 1. The largest absolute Gasteiger partial charge is 0.480 e. The number of ether oxygens (including phenoxy) is 1. The van der Waals surface area contributed by atoms with Crippen LogP contribution in [-0.4, -0.2) is 41.6 Å². The molecule has 0 aliphatic rings. The van der Waals surface area contributed by atoms with Gasteiger partial charge in [0.15, 0.2) is 0 Å². The molecule has 2 atom stereocenters. The lowest BCUT2D eigenvalue weighted by molar-refractivity contribution is -0.150. The molecule has 364 valence electrons. The molecule has 0 aliphatic heterocycles. The molecule has 4 N–H and O–H groups in total. The van der Waals surface area contributed by atoms with E-state index in [-0.39, 0.29) is 18.0 Å². The number of allylic oxidation sites excluding steroid dienone is 4. The van der Waals surface area contributed by atoms with Crippen LogP contribution in [0.2, 0.25) is 0 Å². The van der Waals surface area contributed by atoms with Crippen LogP contribution in [0.25, 0.3) is 0 Å². The van der Waals surface area contributed by atoms with Gasteiger partial charge < -0.3 is 20.9 Å². The van der Waals surface area contributed by atoms with E-state index in [0.717, 1.165) is 83.5 Å². The average molecular weight is 873 g/mol. The minimum atomic E-state index is -1.00. The molecule has 0 radical (unpaired) electrons. The topological polar surface area (TPSA) is 119 Å². The maximum atomic E-state index is 12.9. The number of esters is 1. The van der Waals surface area contributed by atoms with Gasteiger partial charge in [-0.25, -0.2) is 4.79 Å². The van der Waals surface area contributed by atoms with Crippen molar-refractivity contribution in [3.05, 3.63) is 24.3 Å². The van der Waals surface area contributed by atoms with Gasteiger partial charge in [0.1, 0.15) is 12.1 Å². The van der Waals surface area contributed by atoms with Crippen molar-refractivity contribution in [2.75, 3.05) is 6.54 Å². The first-order valence-electron chi connectivity index (χ1n) is 27.2. The zero-order valence-electron chi connectivity index (χ0n) is 41.2. The van der Waals surface area contributed by atoms with Gasteiger partial charge in [-0.2, -0.15) is 0 Å². The van der Waals surface area contributed by atoms with Crippen LogP contribution in [0, 0.1) is 0 Å². The third-order valence-electron chi connectivity index (χ3n) is 12.5. The molecule has 0 aromatic carbocycles. The molecule has 0 heterocycles.